The molecule has 1 saturated carbocycles. The maximum absolute atomic E-state index is 13.4. The molecule has 1 aromatic heterocycles. The van der Waals surface area contributed by atoms with Crippen molar-refractivity contribution < 1.29 is 14.3 Å². The van der Waals surface area contributed by atoms with Crippen LogP contribution in [0.25, 0.3) is 0 Å². The Hall–Kier alpha value is -1.43. The summed E-state index contributed by atoms with van der Waals surface area (Å²) in [4.78, 5) is 18.2. The van der Waals surface area contributed by atoms with E-state index in [9.17, 15) is 9.18 Å². The zero-order chi connectivity index (χ0) is 12.4. The first-order valence-electron chi connectivity index (χ1n) is 5.25. The zero-order valence-electron chi connectivity index (χ0n) is 8.86. The smallest absolute Gasteiger partial charge is 0.308 e. The topological polar surface area (TPSA) is 75.1 Å². The number of carbonyl (C=O) groups is 1. The van der Waals surface area contributed by atoms with E-state index in [4.69, 9.17) is 16.7 Å². The minimum absolute atomic E-state index is 0.0387. The molecule has 2 unspecified atom stereocenters. The molecule has 1 heterocycles. The van der Waals surface area contributed by atoms with Crippen LogP contribution in [0, 0.1) is 11.7 Å². The lowest BCUT2D eigenvalue weighted by molar-refractivity contribution is -0.141. The van der Waals surface area contributed by atoms with Crippen molar-refractivity contribution in [1.29, 1.82) is 0 Å². The third-order valence-electron chi connectivity index (χ3n) is 2.87. The van der Waals surface area contributed by atoms with Crippen molar-refractivity contribution in [2.24, 2.45) is 5.92 Å². The van der Waals surface area contributed by atoms with Crippen LogP contribution in [0.1, 0.15) is 19.3 Å². The number of hydrogen-bond acceptors (Lipinski definition) is 4. The minimum Gasteiger partial charge on any atom is -0.481 e. The van der Waals surface area contributed by atoms with Gasteiger partial charge in [-0.05, 0) is 24.4 Å². The summed E-state index contributed by atoms with van der Waals surface area (Å²) in [6.45, 7) is 0. The van der Waals surface area contributed by atoms with Crippen molar-refractivity contribution in [2.45, 2.75) is 25.3 Å². The summed E-state index contributed by atoms with van der Waals surface area (Å²) in [6, 6.07) is -0.312. The number of halogens is 2. The number of hydrogen-bond donors (Lipinski definition) is 2. The van der Waals surface area contributed by atoms with Gasteiger partial charge in [0, 0.05) is 6.04 Å². The summed E-state index contributed by atoms with van der Waals surface area (Å²) in [7, 11) is 0. The van der Waals surface area contributed by atoms with E-state index in [1.54, 1.807) is 0 Å². The van der Waals surface area contributed by atoms with E-state index in [1.165, 1.54) is 0 Å². The molecule has 0 bridgehead atoms. The Bertz CT molecular complexity index is 444. The second-order valence-corrected chi connectivity index (χ2v) is 4.30. The van der Waals surface area contributed by atoms with E-state index >= 15 is 0 Å². The summed E-state index contributed by atoms with van der Waals surface area (Å²) in [5, 5.41) is 11.7. The van der Waals surface area contributed by atoms with Gasteiger partial charge in [0.2, 0.25) is 5.28 Å². The fraction of sp³-hybridized carbons (Fsp3) is 0.500. The standard InChI is InChI=1S/C10H11ClFN3O2/c11-10-13-4-6(12)8(15-10)14-7-3-1-2-5(7)9(16)17/h4-5,7H,1-3H2,(H,16,17)(H,13,14,15). The molecule has 92 valence electrons. The van der Waals surface area contributed by atoms with Crippen molar-refractivity contribution in [3.8, 4) is 0 Å². The third kappa shape index (κ3) is 2.63. The molecule has 7 heteroatoms. The van der Waals surface area contributed by atoms with Crippen molar-refractivity contribution in [2.75, 3.05) is 5.32 Å². The zero-order valence-corrected chi connectivity index (χ0v) is 9.62. The van der Waals surface area contributed by atoms with Gasteiger partial charge >= 0.3 is 5.97 Å². The number of carboxylic acid groups (broad SMARTS) is 1. The molecule has 0 aromatic carbocycles. The fourth-order valence-corrected chi connectivity index (χ4v) is 2.18. The molecule has 2 atom stereocenters. The van der Waals surface area contributed by atoms with Gasteiger partial charge in [-0.1, -0.05) is 6.42 Å². The summed E-state index contributed by atoms with van der Waals surface area (Å²) in [5.74, 6) is -2.06. The predicted molar refractivity (Wildman–Crippen MR) is 59.4 cm³/mol. The minimum atomic E-state index is -0.874. The monoisotopic (exact) mass is 259 g/mol. The molecule has 1 aliphatic carbocycles. The average Bonchev–Trinajstić information content (AvgIpc) is 2.71. The Morgan fingerprint density at radius 1 is 1.59 bits per heavy atom. The summed E-state index contributed by atoms with van der Waals surface area (Å²) in [5.41, 5.74) is 0. The number of aromatic nitrogens is 2. The number of nitrogens with zero attached hydrogens (tertiary/aromatic N) is 2. The van der Waals surface area contributed by atoms with Gasteiger partial charge in [-0.2, -0.15) is 4.98 Å². The molecule has 1 aliphatic rings. The van der Waals surface area contributed by atoms with Gasteiger partial charge in [-0.25, -0.2) is 9.37 Å². The first-order valence-corrected chi connectivity index (χ1v) is 5.63. The van der Waals surface area contributed by atoms with Crippen LogP contribution in [0.15, 0.2) is 6.20 Å². The number of anilines is 1. The van der Waals surface area contributed by atoms with Crippen LogP contribution < -0.4 is 5.32 Å². The molecule has 0 spiro atoms. The van der Waals surface area contributed by atoms with Crippen LogP contribution in [0.3, 0.4) is 0 Å². The second-order valence-electron chi connectivity index (χ2n) is 3.96. The van der Waals surface area contributed by atoms with E-state index in [0.717, 1.165) is 12.6 Å². The van der Waals surface area contributed by atoms with E-state index in [1.807, 2.05) is 0 Å². The summed E-state index contributed by atoms with van der Waals surface area (Å²) >= 11 is 5.56. The number of aliphatic carboxylic acids is 1. The molecular weight excluding hydrogens is 249 g/mol. The van der Waals surface area contributed by atoms with E-state index in [0.29, 0.717) is 12.8 Å². The molecule has 2 N–H and O–H groups in total. The van der Waals surface area contributed by atoms with Crippen LogP contribution in [0.4, 0.5) is 10.2 Å². The first kappa shape index (κ1) is 12.0. The SMILES string of the molecule is O=C(O)C1CCCC1Nc1nc(Cl)ncc1F. The Balaban J connectivity index is 2.15. The van der Waals surface area contributed by atoms with E-state index < -0.39 is 17.7 Å². The predicted octanol–water partition coefficient (Wildman–Crippen LogP) is 1.93. The van der Waals surface area contributed by atoms with Gasteiger partial charge in [0.1, 0.15) is 0 Å². The molecule has 1 fully saturated rings. The van der Waals surface area contributed by atoms with E-state index in [-0.39, 0.29) is 17.1 Å². The van der Waals surface area contributed by atoms with Crippen LogP contribution in [0.5, 0.6) is 0 Å². The number of nitrogens with one attached hydrogen (secondary N) is 1. The quantitative estimate of drug-likeness (QED) is 0.812. The van der Waals surface area contributed by atoms with Crippen molar-refractivity contribution in [3.05, 3.63) is 17.3 Å². The van der Waals surface area contributed by atoms with Crippen LogP contribution in [-0.2, 0) is 4.79 Å². The normalized spacial score (nSPS) is 23.6. The Labute approximate surface area is 102 Å². The maximum atomic E-state index is 13.4. The molecule has 0 radical (unpaired) electrons. The van der Waals surface area contributed by atoms with Crippen molar-refractivity contribution >= 4 is 23.4 Å². The van der Waals surface area contributed by atoms with Gasteiger partial charge in [-0.3, -0.25) is 4.79 Å². The molecular formula is C10H11ClFN3O2. The van der Waals surface area contributed by atoms with Crippen LogP contribution >= 0.6 is 11.6 Å². The second kappa shape index (κ2) is 4.83. The molecule has 0 aliphatic heterocycles. The molecule has 17 heavy (non-hydrogen) atoms. The van der Waals surface area contributed by atoms with Gasteiger partial charge < -0.3 is 10.4 Å². The highest BCUT2D eigenvalue weighted by Gasteiger charge is 2.33. The maximum Gasteiger partial charge on any atom is 0.308 e. The summed E-state index contributed by atoms with van der Waals surface area (Å²) < 4.78 is 13.4. The van der Waals surface area contributed by atoms with Gasteiger partial charge in [0.25, 0.3) is 0 Å². The highest BCUT2D eigenvalue weighted by atomic mass is 35.5. The van der Waals surface area contributed by atoms with Gasteiger partial charge in [0.15, 0.2) is 11.6 Å². The largest absolute Gasteiger partial charge is 0.481 e. The molecule has 0 saturated heterocycles. The summed E-state index contributed by atoms with van der Waals surface area (Å²) in [6.07, 6.45) is 3.03. The molecule has 0 amide bonds. The first-order chi connectivity index (χ1) is 8.08. The number of carboxylic acids is 1. The lowest BCUT2D eigenvalue weighted by atomic mass is 10.0. The Morgan fingerprint density at radius 2 is 2.35 bits per heavy atom. The molecule has 2 rings (SSSR count). The fourth-order valence-electron chi connectivity index (χ4n) is 2.05. The van der Waals surface area contributed by atoms with Crippen molar-refractivity contribution in [3.63, 3.8) is 0 Å². The average molecular weight is 260 g/mol. The lowest BCUT2D eigenvalue weighted by Gasteiger charge is -2.18. The lowest BCUT2D eigenvalue weighted by Crippen LogP contribution is -2.30. The van der Waals surface area contributed by atoms with Gasteiger partial charge in [0.05, 0.1) is 12.1 Å². The number of rotatable bonds is 3. The highest BCUT2D eigenvalue weighted by Crippen LogP contribution is 2.29. The highest BCUT2D eigenvalue weighted by molar-refractivity contribution is 6.28. The van der Waals surface area contributed by atoms with Crippen LogP contribution in [0.2, 0.25) is 5.28 Å². The molecule has 5 nitrogen and oxygen atoms in total. The Kier molecular flexibility index (Phi) is 3.42. The third-order valence-corrected chi connectivity index (χ3v) is 3.05. The van der Waals surface area contributed by atoms with Crippen LogP contribution in [-0.4, -0.2) is 27.1 Å². The Morgan fingerprint density at radius 3 is 3.06 bits per heavy atom. The van der Waals surface area contributed by atoms with E-state index in [2.05, 4.69) is 15.3 Å². The van der Waals surface area contributed by atoms with Crippen molar-refractivity contribution in [1.82, 2.24) is 9.97 Å². The van der Waals surface area contributed by atoms with Gasteiger partial charge in [-0.15, -0.1) is 0 Å². The molecule has 1 aromatic rings.